The molecule has 0 fully saturated rings. The lowest BCUT2D eigenvalue weighted by atomic mass is 10.2. The first-order valence-electron chi connectivity index (χ1n) is 4.42. The van der Waals surface area contributed by atoms with E-state index in [2.05, 4.69) is 16.9 Å². The van der Waals surface area contributed by atoms with Crippen molar-refractivity contribution in [2.75, 3.05) is 0 Å². The van der Waals surface area contributed by atoms with Crippen LogP contribution in [0.3, 0.4) is 0 Å². The Morgan fingerprint density at radius 1 is 1.47 bits per heavy atom. The third kappa shape index (κ3) is 1.69. The van der Waals surface area contributed by atoms with E-state index in [1.165, 1.54) is 0 Å². The third-order valence-corrected chi connectivity index (χ3v) is 2.16. The molecular formula is C11H10N2O2. The second-order valence-electron chi connectivity index (χ2n) is 3.20. The highest BCUT2D eigenvalue weighted by molar-refractivity contribution is 5.86. The lowest BCUT2D eigenvalue weighted by Gasteiger charge is -1.98. The number of nitrogens with one attached hydrogen (secondary N) is 2. The van der Waals surface area contributed by atoms with E-state index >= 15 is 0 Å². The summed E-state index contributed by atoms with van der Waals surface area (Å²) in [4.78, 5) is 13.3. The highest BCUT2D eigenvalue weighted by atomic mass is 16.3. The number of aromatic hydroxyl groups is 1. The number of amides is 1. The predicted molar refractivity (Wildman–Crippen MR) is 58.2 cm³/mol. The Morgan fingerprint density at radius 2 is 2.27 bits per heavy atom. The second-order valence-corrected chi connectivity index (χ2v) is 3.20. The van der Waals surface area contributed by atoms with Gasteiger partial charge in [0.05, 0.1) is 11.4 Å². The van der Waals surface area contributed by atoms with Crippen LogP contribution in [-0.4, -0.2) is 16.5 Å². The van der Waals surface area contributed by atoms with E-state index in [9.17, 15) is 9.90 Å². The minimum atomic E-state index is 0.210. The molecule has 1 aromatic heterocycles. The first-order chi connectivity index (χ1) is 7.20. The van der Waals surface area contributed by atoms with Crippen LogP contribution < -0.4 is 5.32 Å². The van der Waals surface area contributed by atoms with Gasteiger partial charge in [0.25, 0.3) is 0 Å². The van der Waals surface area contributed by atoms with Crippen molar-refractivity contribution in [1.29, 1.82) is 0 Å². The molecule has 0 radical (unpaired) electrons. The molecule has 0 aliphatic heterocycles. The van der Waals surface area contributed by atoms with E-state index in [0.717, 1.165) is 16.6 Å². The number of carbonyl (C=O) groups is 1. The number of aromatic amines is 1. The van der Waals surface area contributed by atoms with E-state index in [0.29, 0.717) is 12.1 Å². The van der Waals surface area contributed by atoms with Crippen LogP contribution in [0.5, 0.6) is 5.75 Å². The van der Waals surface area contributed by atoms with Crippen molar-refractivity contribution in [2.24, 2.45) is 0 Å². The number of phenols is 1. The normalized spacial score (nSPS) is 10.1. The van der Waals surface area contributed by atoms with Crippen LogP contribution in [0, 0.1) is 0 Å². The Kier molecular flexibility index (Phi) is 2.17. The minimum Gasteiger partial charge on any atom is -0.508 e. The lowest BCUT2D eigenvalue weighted by Crippen LogP contribution is -2.07. The summed E-state index contributed by atoms with van der Waals surface area (Å²) in [5.41, 5.74) is 2.11. The maximum absolute atomic E-state index is 10.2. The zero-order chi connectivity index (χ0) is 10.8. The molecule has 4 nitrogen and oxygen atoms in total. The highest BCUT2D eigenvalue weighted by Crippen LogP contribution is 2.22. The number of rotatable bonds is 3. The number of benzene rings is 1. The van der Waals surface area contributed by atoms with E-state index in [1.807, 2.05) is 6.07 Å². The molecule has 1 amide bonds. The molecular weight excluding hydrogens is 192 g/mol. The Balaban J connectivity index is 2.47. The monoisotopic (exact) mass is 202 g/mol. The molecule has 3 N–H and O–H groups in total. The van der Waals surface area contributed by atoms with Crippen molar-refractivity contribution < 1.29 is 9.90 Å². The van der Waals surface area contributed by atoms with Gasteiger partial charge < -0.3 is 15.4 Å². The van der Waals surface area contributed by atoms with E-state index < -0.39 is 0 Å². The first-order valence-corrected chi connectivity index (χ1v) is 4.42. The summed E-state index contributed by atoms with van der Waals surface area (Å²) in [7, 11) is 0. The van der Waals surface area contributed by atoms with Gasteiger partial charge >= 0.3 is 0 Å². The van der Waals surface area contributed by atoms with Crippen molar-refractivity contribution in [3.8, 4) is 5.75 Å². The van der Waals surface area contributed by atoms with Crippen LogP contribution in [-0.2, 0) is 4.79 Å². The predicted octanol–water partition coefficient (Wildman–Crippen LogP) is 1.59. The molecule has 0 atom stereocenters. The fourth-order valence-electron chi connectivity index (χ4n) is 1.43. The van der Waals surface area contributed by atoms with Crippen LogP contribution in [0.1, 0.15) is 5.69 Å². The summed E-state index contributed by atoms with van der Waals surface area (Å²) in [6, 6.07) is 6.82. The quantitative estimate of drug-likeness (QED) is 0.662. The number of phenolic OH excluding ortho intramolecular Hbond substituents is 1. The Labute approximate surface area is 86.2 Å². The van der Waals surface area contributed by atoms with Crippen LogP contribution in [0.2, 0.25) is 0 Å². The van der Waals surface area contributed by atoms with Crippen LogP contribution in [0.25, 0.3) is 16.6 Å². The number of hydrogen-bond donors (Lipinski definition) is 3. The topological polar surface area (TPSA) is 65.1 Å². The lowest BCUT2D eigenvalue weighted by molar-refractivity contribution is -0.108. The van der Waals surface area contributed by atoms with Gasteiger partial charge in [-0.05, 0) is 24.3 Å². The summed E-state index contributed by atoms with van der Waals surface area (Å²) in [5.74, 6) is 0.210. The van der Waals surface area contributed by atoms with Gasteiger partial charge in [-0.15, -0.1) is 0 Å². The maximum atomic E-state index is 10.2. The molecule has 0 spiro atoms. The summed E-state index contributed by atoms with van der Waals surface area (Å²) >= 11 is 0. The molecule has 0 saturated carbocycles. The largest absolute Gasteiger partial charge is 0.508 e. The van der Waals surface area contributed by atoms with Crippen molar-refractivity contribution >= 4 is 23.0 Å². The van der Waals surface area contributed by atoms with E-state index in [1.54, 1.807) is 18.2 Å². The molecule has 4 heteroatoms. The van der Waals surface area contributed by atoms with Gasteiger partial charge in [-0.1, -0.05) is 6.58 Å². The fraction of sp³-hybridized carbons (Fsp3) is 0. The summed E-state index contributed by atoms with van der Waals surface area (Å²) in [5, 5.41) is 12.6. The first kappa shape index (κ1) is 9.33. The van der Waals surface area contributed by atoms with Crippen LogP contribution in [0.4, 0.5) is 0 Å². The third-order valence-electron chi connectivity index (χ3n) is 2.16. The molecule has 15 heavy (non-hydrogen) atoms. The smallest absolute Gasteiger partial charge is 0.211 e. The molecule has 76 valence electrons. The van der Waals surface area contributed by atoms with Gasteiger partial charge in [0, 0.05) is 10.9 Å². The molecule has 2 aromatic rings. The van der Waals surface area contributed by atoms with Crippen LogP contribution >= 0.6 is 0 Å². The zero-order valence-corrected chi connectivity index (χ0v) is 7.95. The standard InChI is InChI=1S/C11H10N2O2/c1-7(12-6-14)11-5-8-4-9(15)2-3-10(8)13-11/h2-6,13,15H,1H2,(H,12,14). The van der Waals surface area contributed by atoms with Crippen molar-refractivity contribution in [3.63, 3.8) is 0 Å². The molecule has 0 unspecified atom stereocenters. The van der Waals surface area contributed by atoms with Gasteiger partial charge in [-0.25, -0.2) is 0 Å². The SMILES string of the molecule is C=C(NC=O)c1cc2cc(O)ccc2[nH]1. The number of aromatic nitrogens is 1. The Morgan fingerprint density at radius 3 is 3.00 bits per heavy atom. The molecule has 1 aromatic carbocycles. The Hall–Kier alpha value is -2.23. The van der Waals surface area contributed by atoms with Gasteiger partial charge in [0.1, 0.15) is 5.75 Å². The molecule has 0 aliphatic rings. The number of hydrogen-bond acceptors (Lipinski definition) is 2. The van der Waals surface area contributed by atoms with Crippen molar-refractivity contribution in [1.82, 2.24) is 10.3 Å². The van der Waals surface area contributed by atoms with E-state index in [4.69, 9.17) is 0 Å². The van der Waals surface area contributed by atoms with Gasteiger partial charge in [0.2, 0.25) is 6.41 Å². The average Bonchev–Trinajstić information content (AvgIpc) is 2.60. The minimum absolute atomic E-state index is 0.210. The number of H-pyrrole nitrogens is 1. The maximum Gasteiger partial charge on any atom is 0.211 e. The Bertz CT molecular complexity index is 528. The summed E-state index contributed by atoms with van der Waals surface area (Å²) in [6.07, 6.45) is 0.575. The molecule has 0 aliphatic carbocycles. The fourth-order valence-corrected chi connectivity index (χ4v) is 1.43. The second kappa shape index (κ2) is 3.49. The van der Waals surface area contributed by atoms with Gasteiger partial charge in [-0.3, -0.25) is 4.79 Å². The van der Waals surface area contributed by atoms with E-state index in [-0.39, 0.29) is 5.75 Å². The van der Waals surface area contributed by atoms with Crippen molar-refractivity contribution in [2.45, 2.75) is 0 Å². The zero-order valence-electron chi connectivity index (χ0n) is 7.95. The van der Waals surface area contributed by atoms with Gasteiger partial charge in [0.15, 0.2) is 0 Å². The molecule has 0 saturated heterocycles. The highest BCUT2D eigenvalue weighted by Gasteiger charge is 2.03. The van der Waals surface area contributed by atoms with Crippen molar-refractivity contribution in [3.05, 3.63) is 36.5 Å². The van der Waals surface area contributed by atoms with Crippen LogP contribution in [0.15, 0.2) is 30.8 Å². The van der Waals surface area contributed by atoms with Gasteiger partial charge in [-0.2, -0.15) is 0 Å². The number of fused-ring (bicyclic) bond motifs is 1. The molecule has 1 heterocycles. The summed E-state index contributed by atoms with van der Waals surface area (Å²) in [6.45, 7) is 3.70. The molecule has 2 rings (SSSR count). The number of carbonyl (C=O) groups excluding carboxylic acids is 1. The average molecular weight is 202 g/mol. The molecule has 0 bridgehead atoms. The summed E-state index contributed by atoms with van der Waals surface area (Å²) < 4.78 is 0.